The molecule has 0 radical (unpaired) electrons. The van der Waals surface area contributed by atoms with Gasteiger partial charge >= 0.3 is 0 Å². The quantitative estimate of drug-likeness (QED) is 0.887. The van der Waals surface area contributed by atoms with Crippen molar-refractivity contribution in [2.45, 2.75) is 18.9 Å². The Morgan fingerprint density at radius 1 is 1.21 bits per heavy atom. The zero-order chi connectivity index (χ0) is 13.7. The van der Waals surface area contributed by atoms with Crippen LogP contribution in [0.2, 0.25) is 0 Å². The molecule has 1 aromatic rings. The SMILES string of the molecule is CNC(c1cccc(OC)c1OC)C1CCOCC1. The smallest absolute Gasteiger partial charge is 0.165 e. The average molecular weight is 265 g/mol. The molecule has 0 spiro atoms. The fourth-order valence-electron chi connectivity index (χ4n) is 2.85. The molecule has 1 aliphatic rings. The van der Waals surface area contributed by atoms with Gasteiger partial charge in [-0.05, 0) is 31.9 Å². The summed E-state index contributed by atoms with van der Waals surface area (Å²) < 4.78 is 16.4. The van der Waals surface area contributed by atoms with Crippen LogP contribution in [0.3, 0.4) is 0 Å². The maximum Gasteiger partial charge on any atom is 0.165 e. The molecule has 0 amide bonds. The van der Waals surface area contributed by atoms with Gasteiger partial charge in [-0.1, -0.05) is 12.1 Å². The molecule has 1 aliphatic heterocycles. The molecule has 1 unspecified atom stereocenters. The fourth-order valence-corrected chi connectivity index (χ4v) is 2.85. The molecule has 4 nitrogen and oxygen atoms in total. The number of rotatable bonds is 5. The number of ether oxygens (including phenoxy) is 3. The third kappa shape index (κ3) is 3.01. The number of methoxy groups -OCH3 is 2. The molecule has 1 atom stereocenters. The lowest BCUT2D eigenvalue weighted by molar-refractivity contribution is 0.0542. The lowest BCUT2D eigenvalue weighted by Gasteiger charge is -2.31. The highest BCUT2D eigenvalue weighted by Gasteiger charge is 2.27. The van der Waals surface area contributed by atoms with E-state index in [0.29, 0.717) is 5.92 Å². The monoisotopic (exact) mass is 265 g/mol. The first kappa shape index (κ1) is 14.2. The maximum atomic E-state index is 5.54. The predicted octanol–water partition coefficient (Wildman–Crippen LogP) is 2.39. The van der Waals surface area contributed by atoms with Gasteiger partial charge in [-0.25, -0.2) is 0 Å². The summed E-state index contributed by atoms with van der Waals surface area (Å²) >= 11 is 0. The van der Waals surface area contributed by atoms with Crippen LogP contribution >= 0.6 is 0 Å². The summed E-state index contributed by atoms with van der Waals surface area (Å²) in [6.07, 6.45) is 2.15. The summed E-state index contributed by atoms with van der Waals surface area (Å²) in [7, 11) is 5.36. The Morgan fingerprint density at radius 2 is 1.95 bits per heavy atom. The minimum Gasteiger partial charge on any atom is -0.493 e. The molecule has 1 N–H and O–H groups in total. The highest BCUT2D eigenvalue weighted by Crippen LogP contribution is 2.39. The largest absolute Gasteiger partial charge is 0.493 e. The van der Waals surface area contributed by atoms with Crippen molar-refractivity contribution in [3.05, 3.63) is 23.8 Å². The van der Waals surface area contributed by atoms with Gasteiger partial charge in [-0.3, -0.25) is 0 Å². The van der Waals surface area contributed by atoms with Gasteiger partial charge in [-0.2, -0.15) is 0 Å². The van der Waals surface area contributed by atoms with Crippen LogP contribution in [-0.2, 0) is 4.74 Å². The zero-order valence-electron chi connectivity index (χ0n) is 11.9. The van der Waals surface area contributed by atoms with E-state index in [-0.39, 0.29) is 6.04 Å². The Kier molecular flexibility index (Phi) is 5.05. The Bertz CT molecular complexity index is 402. The van der Waals surface area contributed by atoms with Gasteiger partial charge in [0.25, 0.3) is 0 Å². The average Bonchev–Trinajstić information content (AvgIpc) is 2.48. The highest BCUT2D eigenvalue weighted by molar-refractivity contribution is 5.48. The van der Waals surface area contributed by atoms with Gasteiger partial charge < -0.3 is 19.5 Å². The van der Waals surface area contributed by atoms with Crippen LogP contribution in [0.5, 0.6) is 11.5 Å². The number of para-hydroxylation sites is 1. The van der Waals surface area contributed by atoms with Gasteiger partial charge in [0.05, 0.1) is 14.2 Å². The van der Waals surface area contributed by atoms with Crippen LogP contribution < -0.4 is 14.8 Å². The van der Waals surface area contributed by atoms with E-state index in [0.717, 1.165) is 43.1 Å². The number of nitrogens with one attached hydrogen (secondary N) is 1. The van der Waals surface area contributed by atoms with E-state index >= 15 is 0 Å². The number of hydrogen-bond acceptors (Lipinski definition) is 4. The first-order valence-corrected chi connectivity index (χ1v) is 6.77. The molecule has 0 aromatic heterocycles. The summed E-state index contributed by atoms with van der Waals surface area (Å²) in [5.41, 5.74) is 1.16. The molecule has 1 saturated heterocycles. The minimum absolute atomic E-state index is 0.272. The van der Waals surface area contributed by atoms with Crippen LogP contribution in [0.15, 0.2) is 18.2 Å². The van der Waals surface area contributed by atoms with Crippen molar-refractivity contribution in [2.75, 3.05) is 34.5 Å². The number of hydrogen-bond donors (Lipinski definition) is 1. The molecule has 1 aromatic carbocycles. The summed E-state index contributed by atoms with van der Waals surface area (Å²) in [5, 5.41) is 3.42. The second kappa shape index (κ2) is 6.78. The van der Waals surface area contributed by atoms with Crippen molar-refractivity contribution in [1.29, 1.82) is 0 Å². The fraction of sp³-hybridized carbons (Fsp3) is 0.600. The normalized spacial score (nSPS) is 18.1. The van der Waals surface area contributed by atoms with Crippen LogP contribution in [0.25, 0.3) is 0 Å². The first-order valence-electron chi connectivity index (χ1n) is 6.77. The van der Waals surface area contributed by atoms with Gasteiger partial charge in [0.15, 0.2) is 11.5 Å². The minimum atomic E-state index is 0.272. The Morgan fingerprint density at radius 3 is 2.53 bits per heavy atom. The van der Waals surface area contributed by atoms with Crippen molar-refractivity contribution in [3.8, 4) is 11.5 Å². The lowest BCUT2D eigenvalue weighted by Crippen LogP contribution is -2.30. The third-order valence-corrected chi connectivity index (χ3v) is 3.82. The van der Waals surface area contributed by atoms with E-state index in [9.17, 15) is 0 Å². The Labute approximate surface area is 115 Å². The lowest BCUT2D eigenvalue weighted by atomic mass is 9.86. The molecule has 0 aliphatic carbocycles. The molecular weight excluding hydrogens is 242 g/mol. The standard InChI is InChI=1S/C15H23NO3/c1-16-14(11-7-9-19-10-8-11)12-5-4-6-13(17-2)15(12)18-3/h4-6,11,14,16H,7-10H2,1-3H3. The third-order valence-electron chi connectivity index (χ3n) is 3.82. The van der Waals surface area contributed by atoms with Gasteiger partial charge in [0.2, 0.25) is 0 Å². The predicted molar refractivity (Wildman–Crippen MR) is 74.9 cm³/mol. The van der Waals surface area contributed by atoms with E-state index in [2.05, 4.69) is 11.4 Å². The van der Waals surface area contributed by atoms with E-state index in [4.69, 9.17) is 14.2 Å². The molecule has 0 bridgehead atoms. The van der Waals surface area contributed by atoms with Crippen molar-refractivity contribution >= 4 is 0 Å². The van der Waals surface area contributed by atoms with Gasteiger partial charge in [0, 0.05) is 24.8 Å². The summed E-state index contributed by atoms with van der Waals surface area (Å²) in [6.45, 7) is 1.68. The van der Waals surface area contributed by atoms with E-state index in [1.165, 1.54) is 0 Å². The summed E-state index contributed by atoms with van der Waals surface area (Å²) in [6, 6.07) is 6.33. The molecular formula is C15H23NO3. The molecule has 2 rings (SSSR count). The Hall–Kier alpha value is -1.26. The van der Waals surface area contributed by atoms with E-state index in [1.54, 1.807) is 14.2 Å². The van der Waals surface area contributed by atoms with E-state index < -0.39 is 0 Å². The molecule has 4 heteroatoms. The van der Waals surface area contributed by atoms with Crippen LogP contribution in [0.4, 0.5) is 0 Å². The topological polar surface area (TPSA) is 39.7 Å². The highest BCUT2D eigenvalue weighted by atomic mass is 16.5. The second-order valence-electron chi connectivity index (χ2n) is 4.80. The van der Waals surface area contributed by atoms with Crippen LogP contribution in [0.1, 0.15) is 24.4 Å². The number of benzene rings is 1. The van der Waals surface area contributed by atoms with Gasteiger partial charge in [-0.15, -0.1) is 0 Å². The van der Waals surface area contributed by atoms with Crippen molar-refractivity contribution in [1.82, 2.24) is 5.32 Å². The zero-order valence-corrected chi connectivity index (χ0v) is 11.9. The molecule has 1 fully saturated rings. The summed E-state index contributed by atoms with van der Waals surface area (Å²) in [5.74, 6) is 2.18. The second-order valence-corrected chi connectivity index (χ2v) is 4.80. The maximum absolute atomic E-state index is 5.54. The molecule has 106 valence electrons. The van der Waals surface area contributed by atoms with Crippen molar-refractivity contribution in [2.24, 2.45) is 5.92 Å². The summed E-state index contributed by atoms with van der Waals surface area (Å²) in [4.78, 5) is 0. The van der Waals surface area contributed by atoms with Crippen LogP contribution in [-0.4, -0.2) is 34.5 Å². The van der Waals surface area contributed by atoms with Crippen LogP contribution in [0, 0.1) is 5.92 Å². The molecule has 0 saturated carbocycles. The van der Waals surface area contributed by atoms with Crippen molar-refractivity contribution in [3.63, 3.8) is 0 Å². The first-order chi connectivity index (χ1) is 9.31. The molecule has 19 heavy (non-hydrogen) atoms. The Balaban J connectivity index is 2.31. The van der Waals surface area contributed by atoms with Crippen molar-refractivity contribution < 1.29 is 14.2 Å². The molecule has 1 heterocycles. The van der Waals surface area contributed by atoms with E-state index in [1.807, 2.05) is 19.2 Å². The van der Waals surface area contributed by atoms with Gasteiger partial charge in [0.1, 0.15) is 0 Å².